The van der Waals surface area contributed by atoms with Gasteiger partial charge in [-0.3, -0.25) is 4.79 Å². The Hall–Kier alpha value is -2.15. The minimum atomic E-state index is -0.274. The van der Waals surface area contributed by atoms with Crippen LogP contribution in [0.25, 0.3) is 0 Å². The lowest BCUT2D eigenvalue weighted by Crippen LogP contribution is -2.41. The molecule has 1 amide bonds. The Morgan fingerprint density at radius 3 is 2.92 bits per heavy atom. The van der Waals surface area contributed by atoms with Crippen LogP contribution in [0.3, 0.4) is 0 Å². The first-order valence-electron chi connectivity index (χ1n) is 8.46. The number of aryl methyl sites for hydroxylation is 1. The molecule has 0 aliphatic carbocycles. The molecule has 0 spiro atoms. The molecule has 134 valence electrons. The van der Waals surface area contributed by atoms with E-state index in [0.717, 1.165) is 25.1 Å². The van der Waals surface area contributed by atoms with Gasteiger partial charge in [0, 0.05) is 30.8 Å². The molecule has 1 atom stereocenters. The predicted octanol–water partition coefficient (Wildman–Crippen LogP) is 3.11. The van der Waals surface area contributed by atoms with Crippen LogP contribution in [-0.4, -0.2) is 35.5 Å². The molecule has 2 N–H and O–H groups in total. The number of hydrogen-bond acceptors (Lipinski definition) is 5. The van der Waals surface area contributed by atoms with Crippen LogP contribution in [-0.2, 0) is 11.2 Å². The number of nitrogens with two attached hydrogens (primary N) is 1. The van der Waals surface area contributed by atoms with Gasteiger partial charge < -0.3 is 15.4 Å². The van der Waals surface area contributed by atoms with Crippen LogP contribution in [0.4, 0.5) is 9.52 Å². The van der Waals surface area contributed by atoms with Crippen molar-refractivity contribution in [1.29, 1.82) is 0 Å². The molecule has 5 nitrogen and oxygen atoms in total. The Balaban J connectivity index is 1.45. The zero-order chi connectivity index (χ0) is 17.6. The van der Waals surface area contributed by atoms with Gasteiger partial charge in [-0.1, -0.05) is 0 Å². The number of hydrogen-bond donors (Lipinski definition) is 1. The van der Waals surface area contributed by atoms with Crippen LogP contribution in [0.5, 0.6) is 5.75 Å². The number of ether oxygens (including phenoxy) is 1. The average molecular weight is 363 g/mol. The van der Waals surface area contributed by atoms with E-state index in [1.807, 2.05) is 10.3 Å². The van der Waals surface area contributed by atoms with E-state index >= 15 is 0 Å². The summed E-state index contributed by atoms with van der Waals surface area (Å²) < 4.78 is 18.6. The minimum absolute atomic E-state index is 0.151. The molecule has 0 radical (unpaired) electrons. The van der Waals surface area contributed by atoms with Crippen molar-refractivity contribution < 1.29 is 13.9 Å². The molecule has 1 saturated heterocycles. The number of nitrogens with zero attached hydrogens (tertiary/aromatic N) is 2. The van der Waals surface area contributed by atoms with Crippen LogP contribution in [0, 0.1) is 11.7 Å². The van der Waals surface area contributed by atoms with Gasteiger partial charge in [0.25, 0.3) is 0 Å². The summed E-state index contributed by atoms with van der Waals surface area (Å²) in [6.45, 7) is 2.04. The number of piperidine rings is 1. The molecule has 2 aromatic rings. The second-order valence-electron chi connectivity index (χ2n) is 6.29. The number of thiazole rings is 1. The third-order valence-electron chi connectivity index (χ3n) is 4.34. The topological polar surface area (TPSA) is 68.5 Å². The normalized spacial score (nSPS) is 17.5. The highest BCUT2D eigenvalue weighted by Crippen LogP contribution is 2.20. The molecular weight excluding hydrogens is 341 g/mol. The van der Waals surface area contributed by atoms with Gasteiger partial charge in [-0.05, 0) is 43.5 Å². The second-order valence-corrected chi connectivity index (χ2v) is 7.18. The SMILES string of the molecule is Nc1nc(CCC(=O)N2CCC[C@@H](COc3ccc(F)cc3)C2)cs1. The fourth-order valence-electron chi connectivity index (χ4n) is 3.00. The third kappa shape index (κ3) is 5.16. The Morgan fingerprint density at radius 2 is 2.20 bits per heavy atom. The molecule has 0 saturated carbocycles. The van der Waals surface area contributed by atoms with Gasteiger partial charge in [-0.15, -0.1) is 11.3 Å². The number of carbonyl (C=O) groups excluding carboxylic acids is 1. The summed E-state index contributed by atoms with van der Waals surface area (Å²) >= 11 is 1.40. The predicted molar refractivity (Wildman–Crippen MR) is 96.0 cm³/mol. The van der Waals surface area contributed by atoms with E-state index in [4.69, 9.17) is 10.5 Å². The standard InChI is InChI=1S/C18H22FN3O2S/c19-14-3-6-16(7-4-14)24-11-13-2-1-9-22(10-13)17(23)8-5-15-12-25-18(20)21-15/h3-4,6-7,12-13H,1-2,5,8-11H2,(H2,20,21)/t13-/m1/s1. The summed E-state index contributed by atoms with van der Waals surface area (Å²) in [5.41, 5.74) is 6.49. The van der Waals surface area contributed by atoms with Crippen molar-refractivity contribution in [3.63, 3.8) is 0 Å². The quantitative estimate of drug-likeness (QED) is 0.856. The van der Waals surface area contributed by atoms with Crippen molar-refractivity contribution in [3.05, 3.63) is 41.2 Å². The number of carbonyl (C=O) groups is 1. The summed E-state index contributed by atoms with van der Waals surface area (Å²) in [4.78, 5) is 18.5. The van der Waals surface area contributed by atoms with Crippen molar-refractivity contribution in [2.24, 2.45) is 5.92 Å². The van der Waals surface area contributed by atoms with Crippen LogP contribution < -0.4 is 10.5 Å². The third-order valence-corrected chi connectivity index (χ3v) is 5.06. The molecule has 2 heterocycles. The number of halogens is 1. The van der Waals surface area contributed by atoms with Crippen molar-refractivity contribution in [1.82, 2.24) is 9.88 Å². The number of benzene rings is 1. The maximum atomic E-state index is 12.9. The molecule has 1 aromatic heterocycles. The summed E-state index contributed by atoms with van der Waals surface area (Å²) in [5, 5.41) is 2.44. The van der Waals surface area contributed by atoms with Crippen LogP contribution >= 0.6 is 11.3 Å². The van der Waals surface area contributed by atoms with Crippen molar-refractivity contribution >= 4 is 22.4 Å². The zero-order valence-electron chi connectivity index (χ0n) is 14.0. The van der Waals surface area contributed by atoms with Gasteiger partial charge in [-0.2, -0.15) is 0 Å². The molecule has 25 heavy (non-hydrogen) atoms. The van der Waals surface area contributed by atoms with E-state index in [-0.39, 0.29) is 11.7 Å². The Bertz CT molecular complexity index is 705. The molecule has 7 heteroatoms. The first kappa shape index (κ1) is 17.7. The van der Waals surface area contributed by atoms with E-state index < -0.39 is 0 Å². The fourth-order valence-corrected chi connectivity index (χ4v) is 3.60. The van der Waals surface area contributed by atoms with Crippen LogP contribution in [0.15, 0.2) is 29.6 Å². The maximum Gasteiger partial charge on any atom is 0.222 e. The highest BCUT2D eigenvalue weighted by Gasteiger charge is 2.24. The van der Waals surface area contributed by atoms with Gasteiger partial charge in [-0.25, -0.2) is 9.37 Å². The number of anilines is 1. The van der Waals surface area contributed by atoms with E-state index in [1.54, 1.807) is 12.1 Å². The van der Waals surface area contributed by atoms with Crippen molar-refractivity contribution in [3.8, 4) is 5.75 Å². The number of rotatable bonds is 6. The Morgan fingerprint density at radius 1 is 1.40 bits per heavy atom. The summed E-state index contributed by atoms with van der Waals surface area (Å²) in [6, 6.07) is 6.02. The second kappa shape index (κ2) is 8.29. The lowest BCUT2D eigenvalue weighted by Gasteiger charge is -2.32. The van der Waals surface area contributed by atoms with Gasteiger partial charge >= 0.3 is 0 Å². The number of amides is 1. The van der Waals surface area contributed by atoms with E-state index in [1.165, 1.54) is 23.5 Å². The van der Waals surface area contributed by atoms with Crippen LogP contribution in [0.1, 0.15) is 25.0 Å². The van der Waals surface area contributed by atoms with Crippen molar-refractivity contribution in [2.75, 3.05) is 25.4 Å². The lowest BCUT2D eigenvalue weighted by molar-refractivity contribution is -0.133. The largest absolute Gasteiger partial charge is 0.493 e. The van der Waals surface area contributed by atoms with Gasteiger partial charge in [0.15, 0.2) is 5.13 Å². The molecule has 1 aromatic carbocycles. The monoisotopic (exact) mass is 363 g/mol. The molecular formula is C18H22FN3O2S. The zero-order valence-corrected chi connectivity index (χ0v) is 14.8. The number of aromatic nitrogens is 1. The van der Waals surface area contributed by atoms with Gasteiger partial charge in [0.1, 0.15) is 11.6 Å². The van der Waals surface area contributed by atoms with E-state index in [2.05, 4.69) is 4.98 Å². The first-order chi connectivity index (χ1) is 12.1. The molecule has 1 aliphatic rings. The molecule has 3 rings (SSSR count). The number of likely N-dealkylation sites (tertiary alicyclic amines) is 1. The Kier molecular flexibility index (Phi) is 5.86. The molecule has 0 bridgehead atoms. The molecule has 1 aliphatic heterocycles. The first-order valence-corrected chi connectivity index (χ1v) is 9.34. The van der Waals surface area contributed by atoms with Gasteiger partial charge in [0.2, 0.25) is 5.91 Å². The van der Waals surface area contributed by atoms with E-state index in [0.29, 0.717) is 42.8 Å². The maximum absolute atomic E-state index is 12.9. The smallest absolute Gasteiger partial charge is 0.222 e. The highest BCUT2D eigenvalue weighted by molar-refractivity contribution is 7.13. The van der Waals surface area contributed by atoms with Crippen molar-refractivity contribution in [2.45, 2.75) is 25.7 Å². The molecule has 0 unspecified atom stereocenters. The number of nitrogen functional groups attached to an aromatic ring is 1. The molecule has 1 fully saturated rings. The summed E-state index contributed by atoms with van der Waals surface area (Å²) in [5.74, 6) is 0.838. The Labute approximate surface area is 150 Å². The highest BCUT2D eigenvalue weighted by atomic mass is 32.1. The summed E-state index contributed by atoms with van der Waals surface area (Å²) in [6.07, 6.45) is 3.09. The van der Waals surface area contributed by atoms with Crippen LogP contribution in [0.2, 0.25) is 0 Å². The van der Waals surface area contributed by atoms with Gasteiger partial charge in [0.05, 0.1) is 12.3 Å². The van der Waals surface area contributed by atoms with E-state index in [9.17, 15) is 9.18 Å². The average Bonchev–Trinajstić information content (AvgIpc) is 3.05. The summed E-state index contributed by atoms with van der Waals surface area (Å²) in [7, 11) is 0. The minimum Gasteiger partial charge on any atom is -0.493 e. The fraction of sp³-hybridized carbons (Fsp3) is 0.444. The lowest BCUT2D eigenvalue weighted by atomic mass is 9.98.